The summed E-state index contributed by atoms with van der Waals surface area (Å²) in [5, 5.41) is 0. The van der Waals surface area contributed by atoms with Gasteiger partial charge in [-0.1, -0.05) is 94.1 Å². The normalized spacial score (nSPS) is 12.2. The number of unbranched alkanes of at least 4 members (excludes halogenated alkanes) is 6. The van der Waals surface area contributed by atoms with Crippen molar-refractivity contribution in [3.05, 3.63) is 0 Å². The van der Waals surface area contributed by atoms with Gasteiger partial charge in [-0.25, -0.2) is 0 Å². The molecular formula is C24H51O6Si4. The molecule has 6 nitrogen and oxygen atoms in total. The van der Waals surface area contributed by atoms with Crippen molar-refractivity contribution in [1.82, 2.24) is 0 Å². The fraction of sp³-hybridized carbons (Fsp3) is 1.00. The maximum absolute atomic E-state index is 5.31. The molecule has 0 unspecified atom stereocenters. The van der Waals surface area contributed by atoms with Crippen LogP contribution in [0.1, 0.15) is 57.8 Å². The topological polar surface area (TPSA) is 55.4 Å². The molecule has 0 heterocycles. The van der Waals surface area contributed by atoms with Crippen LogP contribution in [0.5, 0.6) is 0 Å². The summed E-state index contributed by atoms with van der Waals surface area (Å²) in [4.78, 5) is 0. The van der Waals surface area contributed by atoms with E-state index < -0.39 is 0 Å². The van der Waals surface area contributed by atoms with E-state index in [0.29, 0.717) is 0 Å². The van der Waals surface area contributed by atoms with Gasteiger partial charge in [0.2, 0.25) is 0 Å². The summed E-state index contributed by atoms with van der Waals surface area (Å²) in [6.07, 6.45) is 12.2. The van der Waals surface area contributed by atoms with Gasteiger partial charge in [-0.3, -0.25) is 0 Å². The summed E-state index contributed by atoms with van der Waals surface area (Å²) >= 11 is 0. The van der Waals surface area contributed by atoms with Crippen LogP contribution in [0.4, 0.5) is 0 Å². The molecule has 0 bridgehead atoms. The smallest absolute Gasteiger partial charge is 0.136 e. The van der Waals surface area contributed by atoms with E-state index in [0.717, 1.165) is 28.6 Å². The van der Waals surface area contributed by atoms with Gasteiger partial charge < -0.3 is 28.4 Å². The molecule has 0 amide bonds. The van der Waals surface area contributed by atoms with Gasteiger partial charge >= 0.3 is 0 Å². The summed E-state index contributed by atoms with van der Waals surface area (Å²) in [7, 11) is 12.4. The van der Waals surface area contributed by atoms with Crippen LogP contribution >= 0.6 is 0 Å². The summed E-state index contributed by atoms with van der Waals surface area (Å²) in [5.74, 6) is -0.0223. The van der Waals surface area contributed by atoms with Crippen LogP contribution in [0.2, 0.25) is 36.3 Å². The first-order valence-electron chi connectivity index (χ1n) is 12.9. The quantitative estimate of drug-likeness (QED) is 0.0811. The van der Waals surface area contributed by atoms with Crippen molar-refractivity contribution in [2.75, 3.05) is 42.7 Å². The minimum Gasteiger partial charge on any atom is -0.360 e. The molecule has 0 saturated carbocycles. The molecule has 10 heteroatoms. The second kappa shape index (κ2) is 26.7. The highest BCUT2D eigenvalue weighted by molar-refractivity contribution is 6.58. The zero-order valence-corrected chi connectivity index (χ0v) is 26.8. The number of ether oxygens (including phenoxy) is 6. The molecule has 0 saturated heterocycles. The fourth-order valence-electron chi connectivity index (χ4n) is 3.85. The second-order valence-electron chi connectivity index (χ2n) is 8.45. The first kappa shape index (κ1) is 34.6. The summed E-state index contributed by atoms with van der Waals surface area (Å²) in [5.41, 5.74) is 0. The lowest BCUT2D eigenvalue weighted by Gasteiger charge is -2.16. The van der Waals surface area contributed by atoms with E-state index in [1.54, 1.807) is 42.7 Å². The van der Waals surface area contributed by atoms with E-state index >= 15 is 0 Å². The zero-order chi connectivity index (χ0) is 25.3. The Morgan fingerprint density at radius 2 is 0.676 bits per heavy atom. The Labute approximate surface area is 220 Å². The van der Waals surface area contributed by atoms with E-state index in [1.807, 2.05) is 0 Å². The largest absolute Gasteiger partial charge is 0.360 e. The van der Waals surface area contributed by atoms with Gasteiger partial charge in [-0.05, 0) is 0 Å². The summed E-state index contributed by atoms with van der Waals surface area (Å²) in [6.45, 7) is 0. The van der Waals surface area contributed by atoms with Gasteiger partial charge in [0.05, 0.1) is 0 Å². The molecule has 34 heavy (non-hydrogen) atoms. The molecule has 0 aromatic rings. The first-order chi connectivity index (χ1) is 16.6. The van der Waals surface area contributed by atoms with Crippen LogP contribution < -0.4 is 0 Å². The molecule has 0 atom stereocenters. The van der Waals surface area contributed by atoms with E-state index in [2.05, 4.69) is 0 Å². The summed E-state index contributed by atoms with van der Waals surface area (Å²) in [6, 6.07) is 8.14. The van der Waals surface area contributed by atoms with Gasteiger partial charge in [-0.15, -0.1) is 0 Å². The average molecular weight is 548 g/mol. The van der Waals surface area contributed by atoms with Crippen LogP contribution in [-0.2, 0) is 28.4 Å². The molecule has 0 aliphatic rings. The van der Waals surface area contributed by atoms with Crippen molar-refractivity contribution < 1.29 is 28.4 Å². The van der Waals surface area contributed by atoms with Crippen molar-refractivity contribution >= 4 is 37.4 Å². The van der Waals surface area contributed by atoms with E-state index in [-0.39, 0.29) is 26.5 Å². The Bertz CT molecular complexity index is 343. The maximum Gasteiger partial charge on any atom is 0.136 e. The molecule has 199 valence electrons. The number of methoxy groups -OCH3 is 6. The molecule has 0 aromatic carbocycles. The fourth-order valence-corrected chi connectivity index (χ4v) is 9.92. The zero-order valence-electron chi connectivity index (χ0n) is 22.8. The van der Waals surface area contributed by atoms with Crippen molar-refractivity contribution in [3.63, 3.8) is 0 Å². The molecule has 0 spiro atoms. The lowest BCUT2D eigenvalue weighted by molar-refractivity contribution is -0.0442. The lowest BCUT2D eigenvalue weighted by Crippen LogP contribution is -2.21. The Morgan fingerprint density at radius 3 is 0.912 bits per heavy atom. The third-order valence-electron chi connectivity index (χ3n) is 5.84. The van der Waals surface area contributed by atoms with Gasteiger partial charge in [0.25, 0.3) is 0 Å². The highest BCUT2D eigenvalue weighted by Gasteiger charge is 2.12. The highest BCUT2D eigenvalue weighted by atomic mass is 28.3. The van der Waals surface area contributed by atoms with Crippen LogP contribution in [0.15, 0.2) is 0 Å². The minimum atomic E-state index is -0.223. The first-order valence-corrected chi connectivity index (χ1v) is 18.8. The SMILES string of the molecule is COC(OC)[Si]CCCCC[Si](CCCCC[Si]C(OC)OC)CCCCC[Si]C(OC)OC. The van der Waals surface area contributed by atoms with E-state index in [1.165, 1.54) is 94.1 Å². The Morgan fingerprint density at radius 1 is 0.412 bits per heavy atom. The predicted molar refractivity (Wildman–Crippen MR) is 147 cm³/mol. The Balaban J connectivity index is 4.10. The molecular weight excluding hydrogens is 497 g/mol. The molecule has 7 radical (unpaired) electrons. The van der Waals surface area contributed by atoms with Crippen LogP contribution in [0.3, 0.4) is 0 Å². The lowest BCUT2D eigenvalue weighted by atomic mass is 10.3. The van der Waals surface area contributed by atoms with Crippen molar-refractivity contribution in [1.29, 1.82) is 0 Å². The van der Waals surface area contributed by atoms with E-state index in [4.69, 9.17) is 28.4 Å². The van der Waals surface area contributed by atoms with E-state index in [9.17, 15) is 0 Å². The monoisotopic (exact) mass is 547 g/mol. The van der Waals surface area contributed by atoms with Crippen LogP contribution in [0, 0.1) is 0 Å². The van der Waals surface area contributed by atoms with Gasteiger partial charge in [-0.2, -0.15) is 0 Å². The molecule has 0 N–H and O–H groups in total. The molecule has 0 rings (SSSR count). The van der Waals surface area contributed by atoms with Gasteiger partial charge in [0, 0.05) is 51.5 Å². The molecule has 0 aromatic heterocycles. The van der Waals surface area contributed by atoms with Crippen molar-refractivity contribution in [2.24, 2.45) is 0 Å². The highest BCUT2D eigenvalue weighted by Crippen LogP contribution is 2.20. The van der Waals surface area contributed by atoms with Crippen LogP contribution in [-0.4, -0.2) is 97.8 Å². The minimum absolute atomic E-state index is 0.00744. The van der Waals surface area contributed by atoms with Crippen LogP contribution in [0.25, 0.3) is 0 Å². The molecule has 0 fully saturated rings. The number of hydrogen-bond acceptors (Lipinski definition) is 6. The Kier molecular flexibility index (Phi) is 27.2. The molecule has 0 aliphatic heterocycles. The van der Waals surface area contributed by atoms with Crippen molar-refractivity contribution in [2.45, 2.75) is 112 Å². The van der Waals surface area contributed by atoms with Gasteiger partial charge in [0.15, 0.2) is 0 Å². The number of rotatable bonds is 27. The van der Waals surface area contributed by atoms with Crippen molar-refractivity contribution in [3.8, 4) is 0 Å². The van der Waals surface area contributed by atoms with Gasteiger partial charge in [0.1, 0.15) is 46.3 Å². The average Bonchev–Trinajstić information content (AvgIpc) is 2.87. The second-order valence-corrected chi connectivity index (χ2v) is 15.6. The maximum atomic E-state index is 5.31. The summed E-state index contributed by atoms with van der Waals surface area (Å²) < 4.78 is 31.9. The Hall–Kier alpha value is 0.628. The predicted octanol–water partition coefficient (Wildman–Crippen LogP) is 5.09. The third kappa shape index (κ3) is 20.8. The molecule has 0 aliphatic carbocycles. The number of hydrogen-bond donors (Lipinski definition) is 0. The standard InChI is InChI=1S/C24H51O6Si4/c1-25-22(26-2)31-16-10-7-13-19-34(20-14-8-11-17-32-23(27-3)28-4)21-15-9-12-18-33-24(29-5)30-6/h22-24H,7-21H2,1-6H3. The third-order valence-corrected chi connectivity index (χ3v) is 13.4.